The summed E-state index contributed by atoms with van der Waals surface area (Å²) in [5.41, 5.74) is 12.4. The number of pyridine rings is 1. The van der Waals surface area contributed by atoms with Crippen LogP contribution in [0.15, 0.2) is 140 Å². The second kappa shape index (κ2) is 12.4. The van der Waals surface area contributed by atoms with E-state index in [-0.39, 0.29) is 26.5 Å². The molecule has 0 aliphatic carbocycles. The second-order valence-electron chi connectivity index (χ2n) is 14.8. The molecule has 10 rings (SSSR count). The SMILES string of the molecule is Cc1ccc2c(c1)[n-]c1c(-c3nc4c(-c5[c-]c6c(cc5)c5ccccc5n6-c5ccccn5)cccc4n3-c3ccccc3)cc(C(C)(C)C)cc12.[Pt+2]. The van der Waals surface area contributed by atoms with E-state index in [2.05, 4.69) is 164 Å². The molecule has 258 valence electrons. The van der Waals surface area contributed by atoms with Gasteiger partial charge in [-0.2, -0.15) is 0 Å². The fourth-order valence-electron chi connectivity index (χ4n) is 7.76. The Morgan fingerprint density at radius 2 is 1.42 bits per heavy atom. The van der Waals surface area contributed by atoms with Crippen LogP contribution in [0.1, 0.15) is 31.9 Å². The first kappa shape index (κ1) is 33.1. The van der Waals surface area contributed by atoms with Crippen LogP contribution in [0.4, 0.5) is 0 Å². The van der Waals surface area contributed by atoms with Crippen molar-refractivity contribution >= 4 is 54.6 Å². The van der Waals surface area contributed by atoms with Crippen LogP contribution in [-0.2, 0) is 26.5 Å². The summed E-state index contributed by atoms with van der Waals surface area (Å²) in [6.07, 6.45) is 1.84. The molecule has 0 amide bonds. The normalized spacial score (nSPS) is 12.0. The van der Waals surface area contributed by atoms with Gasteiger partial charge in [0.25, 0.3) is 0 Å². The average Bonchev–Trinajstić information content (AvgIpc) is 3.84. The molecular formula is C47H35N5Pt. The predicted octanol–water partition coefficient (Wildman–Crippen LogP) is 11.5. The van der Waals surface area contributed by atoms with E-state index in [4.69, 9.17) is 15.0 Å². The summed E-state index contributed by atoms with van der Waals surface area (Å²) in [5.74, 6) is 1.73. The minimum atomic E-state index is -0.0809. The Morgan fingerprint density at radius 3 is 2.23 bits per heavy atom. The molecule has 0 spiro atoms. The zero-order valence-corrected chi connectivity index (χ0v) is 32.1. The van der Waals surface area contributed by atoms with Gasteiger partial charge in [0.15, 0.2) is 0 Å². The van der Waals surface area contributed by atoms with E-state index in [0.717, 1.165) is 77.9 Å². The van der Waals surface area contributed by atoms with Crippen molar-refractivity contribution in [2.24, 2.45) is 0 Å². The van der Waals surface area contributed by atoms with Gasteiger partial charge in [0.2, 0.25) is 0 Å². The molecule has 0 aliphatic rings. The molecule has 4 heterocycles. The number of imidazole rings is 1. The molecule has 5 nitrogen and oxygen atoms in total. The van der Waals surface area contributed by atoms with Crippen molar-refractivity contribution < 1.29 is 21.1 Å². The Morgan fingerprint density at radius 1 is 0.642 bits per heavy atom. The van der Waals surface area contributed by atoms with Gasteiger partial charge in [-0.25, -0.2) is 9.97 Å². The smallest absolute Gasteiger partial charge is 0.656 e. The maximum Gasteiger partial charge on any atom is 2.00 e. The van der Waals surface area contributed by atoms with Gasteiger partial charge in [0.05, 0.1) is 11.0 Å². The molecule has 10 aromatic rings. The van der Waals surface area contributed by atoms with Crippen molar-refractivity contribution in [1.29, 1.82) is 0 Å². The fourth-order valence-corrected chi connectivity index (χ4v) is 7.76. The van der Waals surface area contributed by atoms with Crippen molar-refractivity contribution in [2.75, 3.05) is 0 Å². The first-order valence-electron chi connectivity index (χ1n) is 17.8. The van der Waals surface area contributed by atoms with Crippen LogP contribution in [0.5, 0.6) is 0 Å². The van der Waals surface area contributed by atoms with E-state index in [9.17, 15) is 0 Å². The fraction of sp³-hybridized carbons (Fsp3) is 0.106. The van der Waals surface area contributed by atoms with Crippen LogP contribution in [-0.4, -0.2) is 19.1 Å². The monoisotopic (exact) mass is 864 g/mol. The zero-order chi connectivity index (χ0) is 35.1. The molecule has 6 heteroatoms. The molecule has 4 aromatic heterocycles. The summed E-state index contributed by atoms with van der Waals surface area (Å²) in [6.45, 7) is 8.94. The number of nitrogens with zero attached hydrogens (tertiary/aromatic N) is 5. The molecule has 6 aromatic carbocycles. The first-order chi connectivity index (χ1) is 25.3. The molecule has 0 saturated carbocycles. The van der Waals surface area contributed by atoms with Gasteiger partial charge in [-0.15, -0.1) is 34.8 Å². The van der Waals surface area contributed by atoms with Gasteiger partial charge in [0.1, 0.15) is 11.6 Å². The molecule has 0 saturated heterocycles. The largest absolute Gasteiger partial charge is 2.00 e. The number of benzene rings is 6. The summed E-state index contributed by atoms with van der Waals surface area (Å²) < 4.78 is 4.51. The minimum absolute atomic E-state index is 0. The Kier molecular flexibility index (Phi) is 7.76. The average molecular weight is 865 g/mol. The molecule has 0 bridgehead atoms. The molecule has 0 fully saturated rings. The van der Waals surface area contributed by atoms with E-state index in [1.165, 1.54) is 21.9 Å². The van der Waals surface area contributed by atoms with E-state index in [0.29, 0.717) is 0 Å². The third-order valence-electron chi connectivity index (χ3n) is 10.3. The third-order valence-corrected chi connectivity index (χ3v) is 10.3. The van der Waals surface area contributed by atoms with Crippen LogP contribution in [0, 0.1) is 13.0 Å². The molecule has 0 unspecified atom stereocenters. The van der Waals surface area contributed by atoms with Gasteiger partial charge in [-0.1, -0.05) is 116 Å². The molecule has 0 aliphatic heterocycles. The topological polar surface area (TPSA) is 49.7 Å². The van der Waals surface area contributed by atoms with Crippen molar-refractivity contribution in [3.05, 3.63) is 157 Å². The van der Waals surface area contributed by atoms with Crippen LogP contribution < -0.4 is 4.98 Å². The number of aromatic nitrogens is 5. The predicted molar refractivity (Wildman–Crippen MR) is 215 cm³/mol. The van der Waals surface area contributed by atoms with E-state index < -0.39 is 0 Å². The number of rotatable bonds is 4. The van der Waals surface area contributed by atoms with Gasteiger partial charge < -0.3 is 9.55 Å². The Bertz CT molecular complexity index is 3000. The Balaban J connectivity index is 0.00000372. The van der Waals surface area contributed by atoms with E-state index >= 15 is 0 Å². The summed E-state index contributed by atoms with van der Waals surface area (Å²) in [5, 5.41) is 4.64. The van der Waals surface area contributed by atoms with Crippen LogP contribution >= 0.6 is 0 Å². The summed E-state index contributed by atoms with van der Waals surface area (Å²) in [6, 6.07) is 51.0. The van der Waals surface area contributed by atoms with Crippen LogP contribution in [0.3, 0.4) is 0 Å². The second-order valence-corrected chi connectivity index (χ2v) is 14.8. The van der Waals surface area contributed by atoms with Crippen molar-refractivity contribution in [3.8, 4) is 34.0 Å². The third kappa shape index (κ3) is 5.25. The Labute approximate surface area is 322 Å². The number of fused-ring (bicyclic) bond motifs is 7. The molecule has 0 radical (unpaired) electrons. The number of aryl methyl sites for hydroxylation is 1. The van der Waals surface area contributed by atoms with Crippen molar-refractivity contribution in [3.63, 3.8) is 0 Å². The molecule has 0 N–H and O–H groups in total. The molecule has 53 heavy (non-hydrogen) atoms. The van der Waals surface area contributed by atoms with Gasteiger partial charge in [-0.3, -0.25) is 4.57 Å². The molecular weight excluding hydrogens is 830 g/mol. The first-order valence-corrected chi connectivity index (χ1v) is 17.8. The van der Waals surface area contributed by atoms with Gasteiger partial charge in [0, 0.05) is 23.0 Å². The maximum absolute atomic E-state index is 5.58. The summed E-state index contributed by atoms with van der Waals surface area (Å²) in [7, 11) is 0. The van der Waals surface area contributed by atoms with E-state index in [1.807, 2.05) is 18.3 Å². The summed E-state index contributed by atoms with van der Waals surface area (Å²) in [4.78, 5) is 15.6. The van der Waals surface area contributed by atoms with Crippen LogP contribution in [0.2, 0.25) is 0 Å². The number of hydrogen-bond donors (Lipinski definition) is 0. The van der Waals surface area contributed by atoms with Gasteiger partial charge >= 0.3 is 21.1 Å². The van der Waals surface area contributed by atoms with Gasteiger partial charge in [-0.05, 0) is 82.0 Å². The quantitative estimate of drug-likeness (QED) is 0.166. The van der Waals surface area contributed by atoms with Crippen molar-refractivity contribution in [2.45, 2.75) is 33.1 Å². The molecule has 0 atom stereocenters. The van der Waals surface area contributed by atoms with E-state index in [1.54, 1.807) is 0 Å². The standard InChI is InChI=1S/C47H35N5.Pt/c1-29-20-22-34-37-27-31(47(2,3)4)28-38(44(37)49-39(34)25-29)46-50-45-33(16-12-18-41(45)51(46)32-13-6-5-7-14-32)30-21-23-36-35-15-8-9-17-40(35)52(42(36)26-30)43-19-10-11-24-48-43;/h5-25,27-28H,1-4H3;/q-2;+2. The number of hydrogen-bond acceptors (Lipinski definition) is 2. The number of para-hydroxylation sites is 3. The van der Waals surface area contributed by atoms with Crippen molar-refractivity contribution in [1.82, 2.24) is 24.1 Å². The van der Waals surface area contributed by atoms with Crippen LogP contribution in [0.25, 0.3) is 88.7 Å². The minimum Gasteiger partial charge on any atom is -0.656 e. The zero-order valence-electron chi connectivity index (χ0n) is 29.8. The Hall–Kier alpha value is -5.77. The maximum atomic E-state index is 5.58. The summed E-state index contributed by atoms with van der Waals surface area (Å²) >= 11 is 0.